The first-order valence-corrected chi connectivity index (χ1v) is 8.77. The van der Waals surface area contributed by atoms with Crippen LogP contribution in [-0.4, -0.2) is 27.7 Å². The molecule has 28 heavy (non-hydrogen) atoms. The van der Waals surface area contributed by atoms with E-state index in [4.69, 9.17) is 4.74 Å². The van der Waals surface area contributed by atoms with Crippen molar-refractivity contribution in [2.24, 2.45) is 0 Å². The van der Waals surface area contributed by atoms with Gasteiger partial charge in [0, 0.05) is 5.69 Å². The van der Waals surface area contributed by atoms with Gasteiger partial charge in [0.05, 0.1) is 18.1 Å². The zero-order valence-corrected chi connectivity index (χ0v) is 15.2. The van der Waals surface area contributed by atoms with Crippen molar-refractivity contribution in [2.45, 2.75) is 0 Å². The number of hydrogen-bond acceptors (Lipinski definition) is 3. The van der Waals surface area contributed by atoms with Crippen LogP contribution in [0.3, 0.4) is 0 Å². The number of carboxylic acids is 1. The second-order valence-corrected chi connectivity index (χ2v) is 6.30. The van der Waals surface area contributed by atoms with Gasteiger partial charge >= 0.3 is 5.97 Å². The first kappa shape index (κ1) is 17.5. The number of imidazole rings is 1. The van der Waals surface area contributed by atoms with Gasteiger partial charge in [-0.1, -0.05) is 42.5 Å². The molecule has 0 unspecified atom stereocenters. The van der Waals surface area contributed by atoms with Crippen LogP contribution in [0.2, 0.25) is 0 Å². The largest absolute Gasteiger partial charge is 0.496 e. The fourth-order valence-electron chi connectivity index (χ4n) is 3.12. The summed E-state index contributed by atoms with van der Waals surface area (Å²) in [6, 6.07) is 21.2. The molecule has 1 heterocycles. The van der Waals surface area contributed by atoms with E-state index in [1.165, 1.54) is 7.11 Å². The van der Waals surface area contributed by atoms with Crippen LogP contribution in [-0.2, 0) is 0 Å². The van der Waals surface area contributed by atoms with Crippen molar-refractivity contribution in [2.75, 3.05) is 7.11 Å². The van der Waals surface area contributed by atoms with E-state index in [9.17, 15) is 9.90 Å². The van der Waals surface area contributed by atoms with Gasteiger partial charge in [-0.15, -0.1) is 0 Å². The van der Waals surface area contributed by atoms with Gasteiger partial charge in [-0.25, -0.2) is 9.78 Å². The molecular weight excluding hydrogens is 352 g/mol. The fraction of sp³-hybridized carbons (Fsp3) is 0.0435. The van der Waals surface area contributed by atoms with Gasteiger partial charge in [0.25, 0.3) is 0 Å². The molecule has 0 saturated carbocycles. The molecule has 1 aromatic heterocycles. The summed E-state index contributed by atoms with van der Waals surface area (Å²) in [6.45, 7) is 0. The molecule has 138 valence electrons. The molecule has 0 bridgehead atoms. The number of aromatic carboxylic acids is 1. The molecule has 0 fully saturated rings. The molecule has 3 aromatic carbocycles. The Hall–Kier alpha value is -3.86. The Morgan fingerprint density at radius 2 is 1.79 bits per heavy atom. The zero-order valence-electron chi connectivity index (χ0n) is 15.2. The lowest BCUT2D eigenvalue weighted by molar-refractivity contribution is 0.0693. The van der Waals surface area contributed by atoms with Gasteiger partial charge in [0.2, 0.25) is 0 Å². The summed E-state index contributed by atoms with van der Waals surface area (Å²) in [5, 5.41) is 9.19. The number of para-hydroxylation sites is 2. The lowest BCUT2D eigenvalue weighted by Crippen LogP contribution is -2.00. The number of hydrogen-bond donors (Lipinski definition) is 1. The van der Waals surface area contributed by atoms with Crippen molar-refractivity contribution in [1.29, 1.82) is 0 Å². The van der Waals surface area contributed by atoms with Gasteiger partial charge in [-0.3, -0.25) is 4.57 Å². The van der Waals surface area contributed by atoms with E-state index in [2.05, 4.69) is 15.6 Å². The summed E-state index contributed by atoms with van der Waals surface area (Å²) >= 11 is 0. The highest BCUT2D eigenvalue weighted by Gasteiger charge is 2.10. The molecule has 0 spiro atoms. The topological polar surface area (TPSA) is 64.4 Å². The molecule has 0 atom stereocenters. The highest BCUT2D eigenvalue weighted by atomic mass is 16.5. The van der Waals surface area contributed by atoms with Crippen LogP contribution < -0.4 is 4.74 Å². The Balaban J connectivity index is 1.64. The second-order valence-electron chi connectivity index (χ2n) is 6.30. The number of fused-ring (bicyclic) bond motifs is 1. The van der Waals surface area contributed by atoms with E-state index in [1.54, 1.807) is 18.2 Å². The highest BCUT2D eigenvalue weighted by molar-refractivity contribution is 5.91. The van der Waals surface area contributed by atoms with Crippen LogP contribution >= 0.6 is 0 Å². The number of carbonyl (C=O) groups is 1. The van der Waals surface area contributed by atoms with Crippen LogP contribution in [0.15, 0.2) is 73.1 Å². The minimum absolute atomic E-state index is 0.147. The summed E-state index contributed by atoms with van der Waals surface area (Å²) < 4.78 is 7.24. The van der Waals surface area contributed by atoms with Crippen LogP contribution in [0, 0.1) is 0 Å². The predicted molar refractivity (Wildman–Crippen MR) is 110 cm³/mol. The predicted octanol–water partition coefficient (Wildman–Crippen LogP) is 4.90. The maximum absolute atomic E-state index is 11.2. The van der Waals surface area contributed by atoms with Crippen LogP contribution in [0.25, 0.3) is 28.9 Å². The second kappa shape index (κ2) is 7.40. The molecule has 5 heteroatoms. The van der Waals surface area contributed by atoms with E-state index in [-0.39, 0.29) is 5.56 Å². The van der Waals surface area contributed by atoms with E-state index in [0.29, 0.717) is 5.75 Å². The van der Waals surface area contributed by atoms with Crippen LogP contribution in [0.1, 0.15) is 21.5 Å². The van der Waals surface area contributed by atoms with Crippen molar-refractivity contribution in [1.82, 2.24) is 9.55 Å². The lowest BCUT2D eigenvalue weighted by atomic mass is 10.1. The number of nitrogens with zero attached hydrogens (tertiary/aromatic N) is 2. The maximum atomic E-state index is 11.2. The molecule has 0 radical (unpaired) electrons. The fourth-order valence-corrected chi connectivity index (χ4v) is 3.12. The number of rotatable bonds is 5. The smallest absolute Gasteiger partial charge is 0.339 e. The average molecular weight is 370 g/mol. The van der Waals surface area contributed by atoms with Crippen molar-refractivity contribution >= 4 is 29.2 Å². The lowest BCUT2D eigenvalue weighted by Gasteiger charge is -2.06. The number of carboxylic acid groups (broad SMARTS) is 1. The molecule has 0 aliphatic heterocycles. The summed E-state index contributed by atoms with van der Waals surface area (Å²) in [5.41, 5.74) is 5.06. The highest BCUT2D eigenvalue weighted by Crippen LogP contribution is 2.23. The third kappa shape index (κ3) is 3.38. The first-order chi connectivity index (χ1) is 13.7. The molecule has 0 amide bonds. The van der Waals surface area contributed by atoms with Crippen molar-refractivity contribution in [3.05, 3.63) is 89.7 Å². The third-order valence-electron chi connectivity index (χ3n) is 4.53. The quantitative estimate of drug-likeness (QED) is 0.507. The summed E-state index contributed by atoms with van der Waals surface area (Å²) in [4.78, 5) is 15.7. The number of benzene rings is 3. The van der Waals surface area contributed by atoms with Gasteiger partial charge in [-0.05, 0) is 47.5 Å². The number of ether oxygens (including phenoxy) is 1. The Bertz CT molecular complexity index is 1190. The van der Waals surface area contributed by atoms with Gasteiger partial charge in [0.15, 0.2) is 0 Å². The van der Waals surface area contributed by atoms with Crippen molar-refractivity contribution in [3.8, 4) is 11.4 Å². The third-order valence-corrected chi connectivity index (χ3v) is 4.53. The SMILES string of the molecule is COc1cc(C=Cc2cccc(-n3cnc4ccccc43)c2)ccc1C(=O)O. The molecule has 0 aliphatic rings. The van der Waals surface area contributed by atoms with E-state index in [1.807, 2.05) is 60.9 Å². The first-order valence-electron chi connectivity index (χ1n) is 8.77. The summed E-state index contributed by atoms with van der Waals surface area (Å²) in [7, 11) is 1.47. The number of aromatic nitrogens is 2. The van der Waals surface area contributed by atoms with E-state index < -0.39 is 5.97 Å². The van der Waals surface area contributed by atoms with E-state index in [0.717, 1.165) is 27.8 Å². The molecule has 5 nitrogen and oxygen atoms in total. The minimum Gasteiger partial charge on any atom is -0.496 e. The van der Waals surface area contributed by atoms with Gasteiger partial charge in [-0.2, -0.15) is 0 Å². The number of methoxy groups -OCH3 is 1. The van der Waals surface area contributed by atoms with Crippen molar-refractivity contribution in [3.63, 3.8) is 0 Å². The summed E-state index contributed by atoms with van der Waals surface area (Å²) in [5.74, 6) is -0.666. The average Bonchev–Trinajstić information content (AvgIpc) is 3.16. The minimum atomic E-state index is -1.01. The molecule has 4 aromatic rings. The maximum Gasteiger partial charge on any atom is 0.339 e. The Morgan fingerprint density at radius 1 is 1.00 bits per heavy atom. The Morgan fingerprint density at radius 3 is 2.57 bits per heavy atom. The Kier molecular flexibility index (Phi) is 4.64. The molecule has 0 aliphatic carbocycles. The Labute approximate surface area is 162 Å². The zero-order chi connectivity index (χ0) is 19.5. The standard InChI is InChI=1S/C23H18N2O3/c1-28-22-14-17(11-12-19(22)23(26)27)10-9-16-5-4-6-18(13-16)25-15-24-20-7-2-3-8-21(20)25/h2-15H,1H3,(H,26,27). The molecule has 4 rings (SSSR count). The van der Waals surface area contributed by atoms with Crippen LogP contribution in [0.5, 0.6) is 5.75 Å². The van der Waals surface area contributed by atoms with E-state index >= 15 is 0 Å². The van der Waals surface area contributed by atoms with Gasteiger partial charge < -0.3 is 9.84 Å². The van der Waals surface area contributed by atoms with Crippen LogP contribution in [0.4, 0.5) is 0 Å². The normalized spacial score (nSPS) is 11.2. The summed E-state index contributed by atoms with van der Waals surface area (Å²) in [6.07, 6.45) is 5.74. The monoisotopic (exact) mass is 370 g/mol. The molecular formula is C23H18N2O3. The molecule has 0 saturated heterocycles. The van der Waals surface area contributed by atoms with Gasteiger partial charge in [0.1, 0.15) is 17.6 Å². The molecule has 1 N–H and O–H groups in total. The van der Waals surface area contributed by atoms with Crippen molar-refractivity contribution < 1.29 is 14.6 Å².